The van der Waals surface area contributed by atoms with Gasteiger partial charge in [0.1, 0.15) is 6.10 Å². The highest BCUT2D eigenvalue weighted by molar-refractivity contribution is 6.88. The van der Waals surface area contributed by atoms with Crippen molar-refractivity contribution in [3.05, 3.63) is 29.8 Å². The molecule has 4 N–H and O–H groups in total. The zero-order valence-electron chi connectivity index (χ0n) is 10.3. The fourth-order valence-corrected chi connectivity index (χ4v) is 2.68. The van der Waals surface area contributed by atoms with Crippen LogP contribution in [0.4, 0.5) is 0 Å². The van der Waals surface area contributed by atoms with E-state index in [2.05, 4.69) is 19.6 Å². The summed E-state index contributed by atoms with van der Waals surface area (Å²) in [4.78, 5) is 10.8. The molecule has 0 aromatic heterocycles. The number of rotatable bonds is 4. The van der Waals surface area contributed by atoms with E-state index in [1.807, 2.05) is 12.1 Å². The molecule has 1 aromatic rings. The third kappa shape index (κ3) is 3.39. The van der Waals surface area contributed by atoms with Crippen LogP contribution < -0.4 is 10.9 Å². The van der Waals surface area contributed by atoms with E-state index in [9.17, 15) is 15.0 Å². The monoisotopic (exact) mass is 253 g/mol. The Morgan fingerprint density at radius 2 is 1.65 bits per heavy atom. The van der Waals surface area contributed by atoms with E-state index in [0.29, 0.717) is 5.56 Å². The first-order valence-electron chi connectivity index (χ1n) is 5.49. The SMILES string of the molecule is C[Si](C)(C)c1ccc(C(O)C(O)C(N)=O)cc1. The number of aliphatic hydroxyl groups is 2. The molecule has 0 radical (unpaired) electrons. The maximum absolute atomic E-state index is 10.8. The Balaban J connectivity index is 2.92. The van der Waals surface area contributed by atoms with Crippen molar-refractivity contribution < 1.29 is 15.0 Å². The summed E-state index contributed by atoms with van der Waals surface area (Å²) >= 11 is 0. The van der Waals surface area contributed by atoms with Gasteiger partial charge >= 0.3 is 0 Å². The van der Waals surface area contributed by atoms with E-state index in [0.717, 1.165) is 0 Å². The number of benzene rings is 1. The Morgan fingerprint density at radius 1 is 1.18 bits per heavy atom. The maximum Gasteiger partial charge on any atom is 0.249 e. The van der Waals surface area contributed by atoms with E-state index in [-0.39, 0.29) is 0 Å². The minimum atomic E-state index is -1.56. The molecule has 1 aromatic carbocycles. The molecule has 0 spiro atoms. The van der Waals surface area contributed by atoms with Crippen LogP contribution in [-0.4, -0.2) is 30.3 Å². The predicted molar refractivity (Wildman–Crippen MR) is 69.6 cm³/mol. The molecule has 0 aliphatic carbocycles. The van der Waals surface area contributed by atoms with Gasteiger partial charge in [0.25, 0.3) is 0 Å². The largest absolute Gasteiger partial charge is 0.385 e. The molecule has 0 fully saturated rings. The van der Waals surface area contributed by atoms with Gasteiger partial charge in [0.15, 0.2) is 6.10 Å². The van der Waals surface area contributed by atoms with E-state index in [1.165, 1.54) is 5.19 Å². The van der Waals surface area contributed by atoms with E-state index in [4.69, 9.17) is 5.73 Å². The van der Waals surface area contributed by atoms with Crippen molar-refractivity contribution in [2.75, 3.05) is 0 Å². The summed E-state index contributed by atoms with van der Waals surface area (Å²) < 4.78 is 0. The Morgan fingerprint density at radius 3 is 2.00 bits per heavy atom. The van der Waals surface area contributed by atoms with Crippen LogP contribution in [0.15, 0.2) is 24.3 Å². The number of aliphatic hydroxyl groups excluding tert-OH is 2. The number of primary amides is 1. The van der Waals surface area contributed by atoms with Gasteiger partial charge in [-0.1, -0.05) is 49.1 Å². The lowest BCUT2D eigenvalue weighted by Gasteiger charge is -2.19. The van der Waals surface area contributed by atoms with Gasteiger partial charge in [-0.25, -0.2) is 0 Å². The molecule has 17 heavy (non-hydrogen) atoms. The molecule has 2 unspecified atom stereocenters. The molecule has 4 nitrogen and oxygen atoms in total. The number of carbonyl (C=O) groups is 1. The maximum atomic E-state index is 10.8. The van der Waals surface area contributed by atoms with E-state index in [1.54, 1.807) is 12.1 Å². The highest BCUT2D eigenvalue weighted by Crippen LogP contribution is 2.16. The Bertz CT molecular complexity index is 397. The van der Waals surface area contributed by atoms with Gasteiger partial charge in [-0.05, 0) is 5.56 Å². The van der Waals surface area contributed by atoms with Crippen LogP contribution >= 0.6 is 0 Å². The minimum Gasteiger partial charge on any atom is -0.385 e. The second-order valence-corrected chi connectivity index (χ2v) is 10.2. The number of carbonyl (C=O) groups excluding carboxylic acids is 1. The standard InChI is InChI=1S/C12H19NO3Si/c1-17(2,3)9-6-4-8(5-7-9)10(14)11(15)12(13)16/h4-7,10-11,14-15H,1-3H3,(H2,13,16). The van der Waals surface area contributed by atoms with Crippen LogP contribution in [0.25, 0.3) is 0 Å². The summed E-state index contributed by atoms with van der Waals surface area (Å²) in [6.07, 6.45) is -2.82. The predicted octanol–water partition coefficient (Wildman–Crippen LogP) is 0.111. The molecule has 0 heterocycles. The van der Waals surface area contributed by atoms with Gasteiger partial charge in [0.2, 0.25) is 5.91 Å². The van der Waals surface area contributed by atoms with Crippen molar-refractivity contribution in [2.45, 2.75) is 31.8 Å². The normalized spacial score (nSPS) is 15.4. The van der Waals surface area contributed by atoms with Crippen molar-refractivity contribution >= 4 is 19.2 Å². The average Bonchev–Trinajstić information content (AvgIpc) is 2.26. The average molecular weight is 253 g/mol. The second kappa shape index (κ2) is 4.99. The quantitative estimate of drug-likeness (QED) is 0.666. The van der Waals surface area contributed by atoms with Crippen molar-refractivity contribution in [1.82, 2.24) is 0 Å². The lowest BCUT2D eigenvalue weighted by molar-refractivity contribution is -0.131. The van der Waals surface area contributed by atoms with Crippen molar-refractivity contribution in [3.63, 3.8) is 0 Å². The molecule has 1 amide bonds. The van der Waals surface area contributed by atoms with Crippen LogP contribution in [-0.2, 0) is 4.79 Å². The third-order valence-corrected chi connectivity index (χ3v) is 4.77. The summed E-state index contributed by atoms with van der Waals surface area (Å²) in [5.41, 5.74) is 5.43. The highest BCUT2D eigenvalue weighted by atomic mass is 28.3. The molecule has 94 valence electrons. The van der Waals surface area contributed by atoms with Crippen LogP contribution in [0.2, 0.25) is 19.6 Å². The van der Waals surface area contributed by atoms with Gasteiger partial charge in [-0.3, -0.25) is 4.79 Å². The Hall–Kier alpha value is -1.17. The molecular formula is C12H19NO3Si. The van der Waals surface area contributed by atoms with Crippen LogP contribution in [0.1, 0.15) is 11.7 Å². The molecule has 0 bridgehead atoms. The highest BCUT2D eigenvalue weighted by Gasteiger charge is 2.24. The topological polar surface area (TPSA) is 83.6 Å². The van der Waals surface area contributed by atoms with E-state index >= 15 is 0 Å². The number of hydrogen-bond acceptors (Lipinski definition) is 3. The molecular weight excluding hydrogens is 234 g/mol. The molecule has 0 aliphatic rings. The van der Waals surface area contributed by atoms with Crippen LogP contribution in [0.3, 0.4) is 0 Å². The zero-order valence-corrected chi connectivity index (χ0v) is 11.3. The lowest BCUT2D eigenvalue weighted by atomic mass is 10.0. The molecule has 0 saturated carbocycles. The van der Waals surface area contributed by atoms with Crippen molar-refractivity contribution in [1.29, 1.82) is 0 Å². The Kier molecular flexibility index (Phi) is 4.08. The minimum absolute atomic E-state index is 0.498. The first-order chi connectivity index (χ1) is 7.73. The fraction of sp³-hybridized carbons (Fsp3) is 0.417. The second-order valence-electron chi connectivity index (χ2n) is 5.16. The van der Waals surface area contributed by atoms with Gasteiger partial charge in [0, 0.05) is 0 Å². The van der Waals surface area contributed by atoms with Crippen LogP contribution in [0, 0.1) is 0 Å². The van der Waals surface area contributed by atoms with E-state index < -0.39 is 26.2 Å². The number of amides is 1. The number of nitrogens with two attached hydrogens (primary N) is 1. The van der Waals surface area contributed by atoms with Crippen LogP contribution in [0.5, 0.6) is 0 Å². The molecule has 0 aliphatic heterocycles. The summed E-state index contributed by atoms with van der Waals surface area (Å²) in [5.74, 6) is -0.924. The van der Waals surface area contributed by atoms with Gasteiger partial charge in [-0.15, -0.1) is 0 Å². The van der Waals surface area contributed by atoms with Crippen molar-refractivity contribution in [3.8, 4) is 0 Å². The first kappa shape index (κ1) is 13.9. The van der Waals surface area contributed by atoms with Crippen molar-refractivity contribution in [2.24, 2.45) is 5.73 Å². The molecule has 5 heteroatoms. The molecule has 2 atom stereocenters. The van der Waals surface area contributed by atoms with Gasteiger partial charge < -0.3 is 15.9 Å². The van der Waals surface area contributed by atoms with Gasteiger partial charge in [0.05, 0.1) is 8.07 Å². The number of hydrogen-bond donors (Lipinski definition) is 3. The lowest BCUT2D eigenvalue weighted by Crippen LogP contribution is -2.38. The molecule has 0 saturated heterocycles. The summed E-state index contributed by atoms with van der Waals surface area (Å²) in [6, 6.07) is 7.31. The summed E-state index contributed by atoms with van der Waals surface area (Å²) in [5, 5.41) is 20.3. The van der Waals surface area contributed by atoms with Gasteiger partial charge in [-0.2, -0.15) is 0 Å². The zero-order chi connectivity index (χ0) is 13.2. The molecule has 1 rings (SSSR count). The Labute approximate surface area is 102 Å². The smallest absolute Gasteiger partial charge is 0.249 e. The summed E-state index contributed by atoms with van der Waals surface area (Å²) in [7, 11) is -1.38. The third-order valence-electron chi connectivity index (χ3n) is 2.71. The first-order valence-corrected chi connectivity index (χ1v) is 8.99. The summed E-state index contributed by atoms with van der Waals surface area (Å²) in [6.45, 7) is 6.66. The fourth-order valence-electron chi connectivity index (χ4n) is 1.52.